The van der Waals surface area contributed by atoms with E-state index in [4.69, 9.17) is 11.6 Å². The SMILES string of the molecule is CN1C(=O)NC(c2ccccc2Cl)C2=C1CN(C1CCN(Cc3ccccc3)CC1)C2=O. The topological polar surface area (TPSA) is 55.9 Å². The number of benzene rings is 2. The largest absolute Gasteiger partial charge is 0.330 e. The minimum atomic E-state index is -0.516. The molecule has 0 saturated carbocycles. The second kappa shape index (κ2) is 8.60. The maximum atomic E-state index is 13.6. The molecule has 1 saturated heterocycles. The van der Waals surface area contributed by atoms with Gasteiger partial charge in [-0.15, -0.1) is 0 Å². The predicted octanol–water partition coefficient (Wildman–Crippen LogP) is 3.80. The maximum Gasteiger partial charge on any atom is 0.322 e. The molecule has 3 heterocycles. The van der Waals surface area contributed by atoms with Crippen molar-refractivity contribution in [3.05, 3.63) is 82.0 Å². The van der Waals surface area contributed by atoms with E-state index in [1.54, 1.807) is 18.0 Å². The van der Waals surface area contributed by atoms with Crippen LogP contribution in [-0.2, 0) is 11.3 Å². The summed E-state index contributed by atoms with van der Waals surface area (Å²) in [4.78, 5) is 32.2. The van der Waals surface area contributed by atoms with Gasteiger partial charge in [-0.05, 0) is 30.0 Å². The van der Waals surface area contributed by atoms with Crippen LogP contribution in [0.5, 0.6) is 0 Å². The molecule has 0 aliphatic carbocycles. The number of piperidine rings is 1. The molecule has 6 nitrogen and oxygen atoms in total. The quantitative estimate of drug-likeness (QED) is 0.770. The van der Waals surface area contributed by atoms with E-state index in [-0.39, 0.29) is 18.0 Å². The summed E-state index contributed by atoms with van der Waals surface area (Å²) in [6.45, 7) is 3.32. The molecule has 1 fully saturated rings. The lowest BCUT2D eigenvalue weighted by Gasteiger charge is -2.37. The van der Waals surface area contributed by atoms with Crippen molar-refractivity contribution in [2.45, 2.75) is 31.5 Å². The van der Waals surface area contributed by atoms with Gasteiger partial charge in [0.05, 0.1) is 23.9 Å². The molecule has 1 atom stereocenters. The van der Waals surface area contributed by atoms with Gasteiger partial charge in [-0.1, -0.05) is 60.1 Å². The highest BCUT2D eigenvalue weighted by molar-refractivity contribution is 6.31. The Labute approximate surface area is 193 Å². The van der Waals surface area contributed by atoms with Crippen LogP contribution in [0.25, 0.3) is 0 Å². The van der Waals surface area contributed by atoms with Gasteiger partial charge in [0.1, 0.15) is 0 Å². The minimum absolute atomic E-state index is 0.0123. The number of amides is 3. The Bertz CT molecular complexity index is 1060. The summed E-state index contributed by atoms with van der Waals surface area (Å²) in [6, 6.07) is 17.3. The predicted molar refractivity (Wildman–Crippen MR) is 124 cm³/mol. The van der Waals surface area contributed by atoms with Crippen LogP contribution >= 0.6 is 11.6 Å². The first-order valence-electron chi connectivity index (χ1n) is 11.1. The highest BCUT2D eigenvalue weighted by atomic mass is 35.5. The maximum absolute atomic E-state index is 13.6. The van der Waals surface area contributed by atoms with E-state index in [0.717, 1.165) is 43.7 Å². The first kappa shape index (κ1) is 21.0. The van der Waals surface area contributed by atoms with E-state index >= 15 is 0 Å². The summed E-state index contributed by atoms with van der Waals surface area (Å²) in [7, 11) is 1.73. The average molecular weight is 451 g/mol. The second-order valence-corrected chi connectivity index (χ2v) is 9.16. The Balaban J connectivity index is 1.32. The molecule has 3 amide bonds. The first-order chi connectivity index (χ1) is 15.5. The molecule has 2 aromatic carbocycles. The van der Waals surface area contributed by atoms with Gasteiger partial charge in [-0.2, -0.15) is 0 Å². The molecule has 32 heavy (non-hydrogen) atoms. The van der Waals surface area contributed by atoms with Crippen LogP contribution in [0.15, 0.2) is 65.9 Å². The zero-order chi connectivity index (χ0) is 22.2. The lowest BCUT2D eigenvalue weighted by molar-refractivity contribution is -0.128. The lowest BCUT2D eigenvalue weighted by Crippen LogP contribution is -2.46. The Morgan fingerprint density at radius 3 is 2.41 bits per heavy atom. The Morgan fingerprint density at radius 2 is 1.69 bits per heavy atom. The van der Waals surface area contributed by atoms with E-state index < -0.39 is 6.04 Å². The third-order valence-corrected chi connectivity index (χ3v) is 7.20. The summed E-state index contributed by atoms with van der Waals surface area (Å²) in [5.41, 5.74) is 3.51. The van der Waals surface area contributed by atoms with Crippen LogP contribution in [0.3, 0.4) is 0 Å². The van der Waals surface area contributed by atoms with E-state index in [9.17, 15) is 9.59 Å². The third kappa shape index (κ3) is 3.78. The van der Waals surface area contributed by atoms with Crippen molar-refractivity contribution >= 4 is 23.5 Å². The van der Waals surface area contributed by atoms with Crippen molar-refractivity contribution in [1.29, 1.82) is 0 Å². The molecular weight excluding hydrogens is 424 g/mol. The molecule has 3 aliphatic heterocycles. The van der Waals surface area contributed by atoms with Gasteiger partial charge in [0.25, 0.3) is 5.91 Å². The Hall–Kier alpha value is -2.83. The summed E-state index contributed by atoms with van der Waals surface area (Å²) in [6.07, 6.45) is 1.86. The lowest BCUT2D eigenvalue weighted by atomic mass is 9.95. The summed E-state index contributed by atoms with van der Waals surface area (Å²) in [5, 5.41) is 3.52. The zero-order valence-electron chi connectivity index (χ0n) is 18.1. The number of rotatable bonds is 4. The van der Waals surface area contributed by atoms with Gasteiger partial charge in [0.15, 0.2) is 0 Å². The monoisotopic (exact) mass is 450 g/mol. The number of hydrogen-bond donors (Lipinski definition) is 1. The standard InChI is InChI=1S/C25H27ClN4O2/c1-28-21-16-30(18-11-13-29(14-12-18)15-17-7-3-2-4-8-17)24(31)22(21)23(27-25(28)32)19-9-5-6-10-20(19)26/h2-10,18,23H,11-16H2,1H3,(H,27,32). The van der Waals surface area contributed by atoms with Gasteiger partial charge in [-0.3, -0.25) is 14.6 Å². The Kier molecular flexibility index (Phi) is 5.66. The molecule has 0 bridgehead atoms. The number of hydrogen-bond acceptors (Lipinski definition) is 3. The van der Waals surface area contributed by atoms with E-state index in [1.165, 1.54) is 5.56 Å². The zero-order valence-corrected chi connectivity index (χ0v) is 18.9. The summed E-state index contributed by atoms with van der Waals surface area (Å²) in [5.74, 6) is 0.0123. The van der Waals surface area contributed by atoms with Crippen LogP contribution in [-0.4, -0.2) is 59.4 Å². The average Bonchev–Trinajstić information content (AvgIpc) is 3.15. The van der Waals surface area contributed by atoms with E-state index in [2.05, 4.69) is 34.5 Å². The highest BCUT2D eigenvalue weighted by Gasteiger charge is 2.45. The number of nitrogens with zero attached hydrogens (tertiary/aromatic N) is 3. The van der Waals surface area contributed by atoms with E-state index in [1.807, 2.05) is 29.2 Å². The number of carbonyl (C=O) groups excluding carboxylic acids is 2. The highest BCUT2D eigenvalue weighted by Crippen LogP contribution is 2.39. The molecule has 0 aromatic heterocycles. The normalized spacial score (nSPS) is 22.4. The fourth-order valence-corrected chi connectivity index (χ4v) is 5.30. The third-order valence-electron chi connectivity index (χ3n) is 6.85. The molecular formula is C25H27ClN4O2. The number of carbonyl (C=O) groups is 2. The van der Waals surface area contributed by atoms with Gasteiger partial charge < -0.3 is 10.2 Å². The van der Waals surface area contributed by atoms with Crippen LogP contribution in [0, 0.1) is 0 Å². The summed E-state index contributed by atoms with van der Waals surface area (Å²) >= 11 is 6.43. The molecule has 3 aliphatic rings. The van der Waals surface area contributed by atoms with Crippen LogP contribution in [0.2, 0.25) is 5.02 Å². The minimum Gasteiger partial charge on any atom is -0.330 e. The first-order valence-corrected chi connectivity index (χ1v) is 11.5. The summed E-state index contributed by atoms with van der Waals surface area (Å²) < 4.78 is 0. The van der Waals surface area contributed by atoms with Gasteiger partial charge in [0.2, 0.25) is 0 Å². The van der Waals surface area contributed by atoms with Crippen molar-refractivity contribution in [2.24, 2.45) is 0 Å². The smallest absolute Gasteiger partial charge is 0.322 e. The van der Waals surface area contributed by atoms with Crippen molar-refractivity contribution in [3.8, 4) is 0 Å². The molecule has 0 radical (unpaired) electrons. The fourth-order valence-electron chi connectivity index (χ4n) is 5.06. The number of urea groups is 1. The van der Waals surface area contributed by atoms with Gasteiger partial charge in [0, 0.05) is 37.7 Å². The van der Waals surface area contributed by atoms with Gasteiger partial charge >= 0.3 is 6.03 Å². The second-order valence-electron chi connectivity index (χ2n) is 8.75. The van der Waals surface area contributed by atoms with Crippen LogP contribution in [0.4, 0.5) is 4.79 Å². The van der Waals surface area contributed by atoms with Gasteiger partial charge in [-0.25, -0.2) is 4.79 Å². The number of likely N-dealkylation sites (tertiary alicyclic amines) is 1. The molecule has 166 valence electrons. The van der Waals surface area contributed by atoms with Crippen molar-refractivity contribution < 1.29 is 9.59 Å². The number of likely N-dealkylation sites (N-methyl/N-ethyl adjacent to an activating group) is 1. The molecule has 1 N–H and O–H groups in total. The number of nitrogens with one attached hydrogen (secondary N) is 1. The molecule has 5 rings (SSSR count). The van der Waals surface area contributed by atoms with Crippen molar-refractivity contribution in [3.63, 3.8) is 0 Å². The van der Waals surface area contributed by atoms with Crippen LogP contribution < -0.4 is 5.32 Å². The molecule has 1 unspecified atom stereocenters. The van der Waals surface area contributed by atoms with Crippen molar-refractivity contribution in [2.75, 3.05) is 26.7 Å². The van der Waals surface area contributed by atoms with E-state index in [0.29, 0.717) is 17.1 Å². The van der Waals surface area contributed by atoms with Crippen molar-refractivity contribution in [1.82, 2.24) is 20.0 Å². The fraction of sp³-hybridized carbons (Fsp3) is 0.360. The molecule has 0 spiro atoms. The Morgan fingerprint density at radius 1 is 1.00 bits per heavy atom. The number of halogens is 1. The molecule has 7 heteroatoms. The molecule has 2 aromatic rings. The van der Waals surface area contributed by atoms with Crippen LogP contribution in [0.1, 0.15) is 30.0 Å².